The number of benzene rings is 2. The minimum absolute atomic E-state index is 0.132. The Labute approximate surface area is 126 Å². The zero-order valence-electron chi connectivity index (χ0n) is 10.1. The number of halogens is 3. The summed E-state index contributed by atoms with van der Waals surface area (Å²) in [6.45, 7) is 0. The van der Waals surface area contributed by atoms with E-state index in [1.165, 1.54) is 17.4 Å². The van der Waals surface area contributed by atoms with E-state index in [0.717, 1.165) is 16.2 Å². The predicted molar refractivity (Wildman–Crippen MR) is 79.9 cm³/mol. The Bertz CT molecular complexity index is 785. The van der Waals surface area contributed by atoms with Gasteiger partial charge in [-0.3, -0.25) is 0 Å². The van der Waals surface area contributed by atoms with Crippen molar-refractivity contribution < 1.29 is 13.9 Å². The molecule has 5 heteroatoms. The first-order valence-corrected chi connectivity index (χ1v) is 7.54. The van der Waals surface area contributed by atoms with E-state index in [0.29, 0.717) is 5.56 Å². The number of hydrogen-bond donors (Lipinski definition) is 1. The lowest BCUT2D eigenvalue weighted by Crippen LogP contribution is -2.05. The van der Waals surface area contributed by atoms with E-state index in [1.54, 1.807) is 5.38 Å². The van der Waals surface area contributed by atoms with Crippen LogP contribution in [0, 0.1) is 11.6 Å². The lowest BCUT2D eigenvalue weighted by atomic mass is 10.00. The van der Waals surface area contributed by atoms with Crippen molar-refractivity contribution in [1.29, 1.82) is 0 Å². The third-order valence-corrected chi connectivity index (χ3v) is 4.75. The number of aliphatic hydroxyl groups is 1. The highest BCUT2D eigenvalue weighted by atomic mass is 79.9. The third-order valence-electron chi connectivity index (χ3n) is 3.16. The van der Waals surface area contributed by atoms with Crippen LogP contribution in [0.4, 0.5) is 8.78 Å². The lowest BCUT2D eigenvalue weighted by molar-refractivity contribution is 0.210. The molecule has 0 amide bonds. The number of thiophene rings is 1. The number of aliphatic hydroxyl groups excluding tert-OH is 1. The van der Waals surface area contributed by atoms with Crippen LogP contribution < -0.4 is 0 Å². The number of fused-ring (bicyclic) bond motifs is 1. The zero-order valence-corrected chi connectivity index (χ0v) is 12.5. The molecule has 1 N–H and O–H groups in total. The van der Waals surface area contributed by atoms with E-state index in [4.69, 9.17) is 0 Å². The summed E-state index contributed by atoms with van der Waals surface area (Å²) in [7, 11) is 0. The molecule has 2 aromatic carbocycles. The van der Waals surface area contributed by atoms with Crippen molar-refractivity contribution in [1.82, 2.24) is 0 Å². The Kier molecular flexibility index (Phi) is 3.58. The van der Waals surface area contributed by atoms with Crippen molar-refractivity contribution in [2.45, 2.75) is 6.10 Å². The Balaban J connectivity index is 2.18. The summed E-state index contributed by atoms with van der Waals surface area (Å²) in [5.74, 6) is -1.53. The molecule has 3 rings (SSSR count). The molecular weight excluding hydrogens is 346 g/mol. The first-order valence-electron chi connectivity index (χ1n) is 5.87. The van der Waals surface area contributed by atoms with Crippen LogP contribution in [0.5, 0.6) is 0 Å². The smallest absolute Gasteiger partial charge is 0.146 e. The van der Waals surface area contributed by atoms with Gasteiger partial charge in [0.2, 0.25) is 0 Å². The standard InChI is InChI=1S/C15H9BrF2OS/c16-10-5-6-11(17)13(14(10)18)15(19)9-7-20-12-4-2-1-3-8(9)12/h1-7,15,19H. The summed E-state index contributed by atoms with van der Waals surface area (Å²) in [6, 6.07) is 9.88. The molecule has 3 aromatic rings. The van der Waals surface area contributed by atoms with E-state index in [-0.39, 0.29) is 10.0 Å². The van der Waals surface area contributed by atoms with Crippen LogP contribution in [-0.2, 0) is 0 Å². The molecule has 1 heterocycles. The van der Waals surface area contributed by atoms with E-state index in [1.807, 2.05) is 24.3 Å². The molecule has 0 spiro atoms. The second-order valence-electron chi connectivity index (χ2n) is 4.35. The fraction of sp³-hybridized carbons (Fsp3) is 0.0667. The molecule has 0 aliphatic rings. The SMILES string of the molecule is OC(c1c(F)ccc(Br)c1F)c1csc2ccccc12. The van der Waals surface area contributed by atoms with Gasteiger partial charge < -0.3 is 5.11 Å². The normalized spacial score (nSPS) is 12.8. The van der Waals surface area contributed by atoms with Gasteiger partial charge in [-0.1, -0.05) is 18.2 Å². The van der Waals surface area contributed by atoms with Crippen molar-refractivity contribution in [3.8, 4) is 0 Å². The molecule has 0 radical (unpaired) electrons. The minimum Gasteiger partial charge on any atom is -0.383 e. The highest BCUT2D eigenvalue weighted by Gasteiger charge is 2.23. The van der Waals surface area contributed by atoms with Crippen LogP contribution in [0.25, 0.3) is 10.1 Å². The van der Waals surface area contributed by atoms with Gasteiger partial charge in [0.05, 0.1) is 10.0 Å². The van der Waals surface area contributed by atoms with E-state index in [9.17, 15) is 13.9 Å². The molecular formula is C15H9BrF2OS. The maximum atomic E-state index is 14.1. The number of rotatable bonds is 2. The Morgan fingerprint density at radius 2 is 1.85 bits per heavy atom. The maximum Gasteiger partial charge on any atom is 0.146 e. The molecule has 0 fully saturated rings. The average Bonchev–Trinajstić information content (AvgIpc) is 2.87. The molecule has 1 aromatic heterocycles. The fourth-order valence-electron chi connectivity index (χ4n) is 2.16. The zero-order chi connectivity index (χ0) is 14.3. The van der Waals surface area contributed by atoms with Crippen LogP contribution in [0.1, 0.15) is 17.2 Å². The van der Waals surface area contributed by atoms with Gasteiger partial charge in [-0.2, -0.15) is 0 Å². The summed E-state index contributed by atoms with van der Waals surface area (Å²) >= 11 is 4.45. The van der Waals surface area contributed by atoms with Gasteiger partial charge in [0.15, 0.2) is 0 Å². The molecule has 1 unspecified atom stereocenters. The second-order valence-corrected chi connectivity index (χ2v) is 6.11. The Hall–Kier alpha value is -1.30. The largest absolute Gasteiger partial charge is 0.383 e. The highest BCUT2D eigenvalue weighted by molar-refractivity contribution is 9.10. The summed E-state index contributed by atoms with van der Waals surface area (Å²) in [5, 5.41) is 12.9. The monoisotopic (exact) mass is 354 g/mol. The van der Waals surface area contributed by atoms with Crippen LogP contribution in [-0.4, -0.2) is 5.11 Å². The molecule has 0 saturated carbocycles. The highest BCUT2D eigenvalue weighted by Crippen LogP contribution is 2.36. The first kappa shape index (κ1) is 13.7. The van der Waals surface area contributed by atoms with Crippen molar-refractivity contribution in [3.63, 3.8) is 0 Å². The Morgan fingerprint density at radius 3 is 2.65 bits per heavy atom. The van der Waals surface area contributed by atoms with E-state index in [2.05, 4.69) is 15.9 Å². The van der Waals surface area contributed by atoms with Crippen LogP contribution in [0.2, 0.25) is 0 Å². The van der Waals surface area contributed by atoms with Crippen LogP contribution in [0.3, 0.4) is 0 Å². The summed E-state index contributed by atoms with van der Waals surface area (Å²) in [4.78, 5) is 0. The Morgan fingerprint density at radius 1 is 1.10 bits per heavy atom. The molecule has 0 aliphatic heterocycles. The molecule has 0 saturated heterocycles. The first-order chi connectivity index (χ1) is 9.59. The van der Waals surface area contributed by atoms with Crippen molar-refractivity contribution in [3.05, 3.63) is 69.0 Å². The summed E-state index contributed by atoms with van der Waals surface area (Å²) in [5.41, 5.74) is 0.185. The molecule has 102 valence electrons. The van der Waals surface area contributed by atoms with E-state index < -0.39 is 17.7 Å². The van der Waals surface area contributed by atoms with E-state index >= 15 is 0 Å². The molecule has 1 nitrogen and oxygen atoms in total. The average molecular weight is 355 g/mol. The predicted octanol–water partition coefficient (Wildman–Crippen LogP) is 5.02. The molecule has 1 atom stereocenters. The van der Waals surface area contributed by atoms with Crippen molar-refractivity contribution >= 4 is 37.4 Å². The second kappa shape index (κ2) is 5.24. The van der Waals surface area contributed by atoms with Gasteiger partial charge >= 0.3 is 0 Å². The summed E-state index contributed by atoms with van der Waals surface area (Å²) in [6.07, 6.45) is -1.33. The molecule has 0 aliphatic carbocycles. The van der Waals surface area contributed by atoms with Gasteiger partial charge in [-0.05, 0) is 44.9 Å². The van der Waals surface area contributed by atoms with Crippen molar-refractivity contribution in [2.24, 2.45) is 0 Å². The topological polar surface area (TPSA) is 20.2 Å². The van der Waals surface area contributed by atoms with Gasteiger partial charge in [0, 0.05) is 10.3 Å². The van der Waals surface area contributed by atoms with Crippen LogP contribution >= 0.6 is 27.3 Å². The van der Waals surface area contributed by atoms with Crippen molar-refractivity contribution in [2.75, 3.05) is 0 Å². The summed E-state index contributed by atoms with van der Waals surface area (Å²) < 4.78 is 29.0. The van der Waals surface area contributed by atoms with Gasteiger partial charge in [-0.25, -0.2) is 8.78 Å². The molecule has 0 bridgehead atoms. The van der Waals surface area contributed by atoms with Gasteiger partial charge in [-0.15, -0.1) is 11.3 Å². The third kappa shape index (κ3) is 2.16. The maximum absolute atomic E-state index is 14.1. The van der Waals surface area contributed by atoms with Gasteiger partial charge in [0.25, 0.3) is 0 Å². The fourth-order valence-corrected chi connectivity index (χ4v) is 3.48. The quantitative estimate of drug-likeness (QED) is 0.640. The molecule has 20 heavy (non-hydrogen) atoms. The number of hydrogen-bond acceptors (Lipinski definition) is 2. The van der Waals surface area contributed by atoms with Crippen LogP contribution in [0.15, 0.2) is 46.3 Å². The lowest BCUT2D eigenvalue weighted by Gasteiger charge is -2.13. The van der Waals surface area contributed by atoms with Gasteiger partial charge in [0.1, 0.15) is 17.7 Å². The minimum atomic E-state index is -1.33.